The van der Waals surface area contributed by atoms with Crippen LogP contribution in [0.5, 0.6) is 0 Å². The van der Waals surface area contributed by atoms with Gasteiger partial charge >= 0.3 is 6.03 Å². The lowest BCUT2D eigenvalue weighted by atomic mass is 10.1. The molecule has 0 atom stereocenters. The van der Waals surface area contributed by atoms with Gasteiger partial charge in [0, 0.05) is 18.8 Å². The number of nitrogens with two attached hydrogens (primary N) is 2. The van der Waals surface area contributed by atoms with Crippen LogP contribution in [0.4, 0.5) is 16.2 Å². The van der Waals surface area contributed by atoms with Crippen molar-refractivity contribution in [3.8, 4) is 0 Å². The van der Waals surface area contributed by atoms with Crippen LogP contribution in [0.25, 0.3) is 5.52 Å². The Morgan fingerprint density at radius 2 is 2.07 bits per heavy atom. The van der Waals surface area contributed by atoms with Crippen molar-refractivity contribution in [1.29, 1.82) is 0 Å². The van der Waals surface area contributed by atoms with Crippen LogP contribution in [0.3, 0.4) is 0 Å². The third-order valence-electron chi connectivity index (χ3n) is 4.51. The van der Waals surface area contributed by atoms with Crippen molar-refractivity contribution in [3.63, 3.8) is 0 Å². The van der Waals surface area contributed by atoms with E-state index < -0.39 is 6.03 Å². The summed E-state index contributed by atoms with van der Waals surface area (Å²) < 4.78 is 1.71. The van der Waals surface area contributed by atoms with E-state index in [0.29, 0.717) is 22.3 Å². The molecule has 12 heteroatoms. The summed E-state index contributed by atoms with van der Waals surface area (Å²) in [5.41, 5.74) is 8.86. The van der Waals surface area contributed by atoms with Crippen molar-refractivity contribution >= 4 is 52.0 Å². The first-order valence-corrected chi connectivity index (χ1v) is 9.81. The second-order valence-corrected chi connectivity index (χ2v) is 7.71. The van der Waals surface area contributed by atoms with Gasteiger partial charge in [0.05, 0.1) is 39.3 Å². The maximum Gasteiger partial charge on any atom is 0.323 e. The van der Waals surface area contributed by atoms with Gasteiger partial charge in [-0.15, -0.1) is 5.10 Å². The Hall–Kier alpha value is -3.08. The predicted molar refractivity (Wildman–Crippen MR) is 117 cm³/mol. The van der Waals surface area contributed by atoms with Crippen molar-refractivity contribution < 1.29 is 4.79 Å². The van der Waals surface area contributed by atoms with Crippen LogP contribution in [0.2, 0.25) is 10.0 Å². The number of rotatable bonds is 5. The van der Waals surface area contributed by atoms with E-state index in [1.165, 1.54) is 19.3 Å². The molecule has 1 aliphatic carbocycles. The number of carbonyl (C=O) groups excluding carboxylic acids is 1. The molecule has 0 radical (unpaired) electrons. The SMILES string of the molecule is CN(N)/N=C(\N)c1ncc(NC(=O)Nc2cnn3ccc(Cl)c3c2C2CC2)cc1Cl. The number of nitrogens with one attached hydrogen (secondary N) is 2. The fourth-order valence-corrected chi connectivity index (χ4v) is 3.65. The summed E-state index contributed by atoms with van der Waals surface area (Å²) in [5.74, 6) is 5.84. The van der Waals surface area contributed by atoms with E-state index in [1.807, 2.05) is 0 Å². The molecular weight excluding hydrogens is 429 g/mol. The molecule has 6 N–H and O–H groups in total. The Morgan fingerprint density at radius 3 is 2.73 bits per heavy atom. The molecule has 3 heterocycles. The Morgan fingerprint density at radius 1 is 1.30 bits per heavy atom. The highest BCUT2D eigenvalue weighted by atomic mass is 35.5. The fraction of sp³-hybridized carbons (Fsp3) is 0.222. The summed E-state index contributed by atoms with van der Waals surface area (Å²) in [7, 11) is 1.52. The first-order chi connectivity index (χ1) is 14.3. The smallest absolute Gasteiger partial charge is 0.323 e. The van der Waals surface area contributed by atoms with E-state index in [4.69, 9.17) is 34.8 Å². The summed E-state index contributed by atoms with van der Waals surface area (Å²) >= 11 is 12.5. The van der Waals surface area contributed by atoms with Crippen LogP contribution in [0.1, 0.15) is 30.0 Å². The number of hydrogen-bond donors (Lipinski definition) is 4. The highest BCUT2D eigenvalue weighted by molar-refractivity contribution is 6.34. The van der Waals surface area contributed by atoms with Gasteiger partial charge in [-0.2, -0.15) is 5.10 Å². The molecule has 156 valence electrons. The van der Waals surface area contributed by atoms with E-state index in [9.17, 15) is 4.79 Å². The molecule has 1 aliphatic rings. The number of nitrogens with zero attached hydrogens (tertiary/aromatic N) is 5. The number of halogens is 2. The highest BCUT2D eigenvalue weighted by Gasteiger charge is 2.30. The van der Waals surface area contributed by atoms with E-state index in [0.717, 1.165) is 29.0 Å². The summed E-state index contributed by atoms with van der Waals surface area (Å²) in [4.78, 5) is 16.7. The molecule has 4 rings (SSSR count). The van der Waals surface area contributed by atoms with E-state index in [2.05, 4.69) is 25.8 Å². The number of hydrazone groups is 1. The molecule has 0 aliphatic heterocycles. The van der Waals surface area contributed by atoms with Gasteiger partial charge in [-0.25, -0.2) is 25.3 Å². The van der Waals surface area contributed by atoms with Gasteiger partial charge in [0.1, 0.15) is 5.69 Å². The van der Waals surface area contributed by atoms with E-state index in [1.54, 1.807) is 23.0 Å². The first-order valence-electron chi connectivity index (χ1n) is 9.05. The Kier molecular flexibility index (Phi) is 5.37. The van der Waals surface area contributed by atoms with Crippen molar-refractivity contribution in [3.05, 3.63) is 52.0 Å². The van der Waals surface area contributed by atoms with Gasteiger partial charge in [0.15, 0.2) is 5.84 Å². The first kappa shape index (κ1) is 20.2. The molecule has 0 spiro atoms. The molecule has 3 aromatic rings. The van der Waals surface area contributed by atoms with Gasteiger partial charge in [0.2, 0.25) is 0 Å². The van der Waals surface area contributed by atoms with Crippen LogP contribution < -0.4 is 22.2 Å². The molecule has 2 amide bonds. The van der Waals surface area contributed by atoms with Gasteiger partial charge in [-0.3, -0.25) is 0 Å². The second kappa shape index (κ2) is 7.98. The molecule has 30 heavy (non-hydrogen) atoms. The van der Waals surface area contributed by atoms with Crippen LogP contribution in [0, 0.1) is 0 Å². The highest BCUT2D eigenvalue weighted by Crippen LogP contribution is 2.46. The van der Waals surface area contributed by atoms with Gasteiger partial charge in [-0.1, -0.05) is 23.2 Å². The molecule has 0 unspecified atom stereocenters. The number of urea groups is 1. The largest absolute Gasteiger partial charge is 0.380 e. The number of hydrogen-bond acceptors (Lipinski definition) is 6. The monoisotopic (exact) mass is 447 g/mol. The van der Waals surface area contributed by atoms with Gasteiger partial charge < -0.3 is 16.4 Å². The molecule has 0 aromatic carbocycles. The zero-order chi connectivity index (χ0) is 21.4. The average molecular weight is 448 g/mol. The molecule has 10 nitrogen and oxygen atoms in total. The number of aromatic nitrogens is 3. The van der Waals surface area contributed by atoms with Gasteiger partial charge in [0.25, 0.3) is 0 Å². The third-order valence-corrected chi connectivity index (χ3v) is 5.11. The summed E-state index contributed by atoms with van der Waals surface area (Å²) in [6.07, 6.45) is 6.91. The fourth-order valence-electron chi connectivity index (χ4n) is 3.15. The number of amides is 2. The van der Waals surface area contributed by atoms with Crippen molar-refractivity contribution in [2.45, 2.75) is 18.8 Å². The van der Waals surface area contributed by atoms with Crippen LogP contribution in [-0.2, 0) is 0 Å². The quantitative estimate of drug-likeness (QED) is 0.205. The molecule has 3 aromatic heterocycles. The lowest BCUT2D eigenvalue weighted by molar-refractivity contribution is 0.262. The van der Waals surface area contributed by atoms with Crippen molar-refractivity contribution in [2.75, 3.05) is 17.7 Å². The minimum Gasteiger partial charge on any atom is -0.380 e. The lowest BCUT2D eigenvalue weighted by Gasteiger charge is -2.14. The number of pyridine rings is 1. The second-order valence-electron chi connectivity index (χ2n) is 6.90. The molecule has 1 fully saturated rings. The predicted octanol–water partition coefficient (Wildman–Crippen LogP) is 2.98. The zero-order valence-corrected chi connectivity index (χ0v) is 17.4. The summed E-state index contributed by atoms with van der Waals surface area (Å²) in [6, 6.07) is 2.85. The van der Waals surface area contributed by atoms with Crippen molar-refractivity contribution in [1.82, 2.24) is 19.7 Å². The summed E-state index contributed by atoms with van der Waals surface area (Å²) in [6.45, 7) is 0. The van der Waals surface area contributed by atoms with Crippen molar-refractivity contribution in [2.24, 2.45) is 16.7 Å². The Balaban J connectivity index is 1.54. The number of hydrazine groups is 1. The van der Waals surface area contributed by atoms with E-state index >= 15 is 0 Å². The Bertz CT molecular complexity index is 1150. The normalized spacial score (nSPS) is 14.1. The average Bonchev–Trinajstić information content (AvgIpc) is 3.44. The van der Waals surface area contributed by atoms with Gasteiger partial charge in [-0.05, 0) is 30.9 Å². The molecule has 1 saturated carbocycles. The number of carbonyl (C=O) groups is 1. The number of fused-ring (bicyclic) bond motifs is 1. The standard InChI is InChI=1S/C18H19Cl2N9O/c1-28(22)27-17(21)15-12(20)6-10(7-23-15)25-18(30)26-13-8-24-29-5-4-11(19)16(29)14(13)9-2-3-9/h4-9H,2-3,22H2,1H3,(H2,21,27)(H2,25,26,30). The lowest BCUT2D eigenvalue weighted by Crippen LogP contribution is -2.26. The number of anilines is 2. The third kappa shape index (κ3) is 4.11. The van der Waals surface area contributed by atoms with Crippen LogP contribution in [0.15, 0.2) is 35.8 Å². The molecular formula is C18H19Cl2N9O. The van der Waals surface area contributed by atoms with Crippen LogP contribution in [-0.4, -0.2) is 38.6 Å². The summed E-state index contributed by atoms with van der Waals surface area (Å²) in [5, 5.41) is 15.6. The maximum absolute atomic E-state index is 12.6. The number of amidine groups is 1. The minimum absolute atomic E-state index is 0.0542. The van der Waals surface area contributed by atoms with Crippen LogP contribution >= 0.6 is 23.2 Å². The maximum atomic E-state index is 12.6. The minimum atomic E-state index is -0.459. The zero-order valence-electron chi connectivity index (χ0n) is 15.9. The molecule has 0 bridgehead atoms. The van der Waals surface area contributed by atoms with E-state index in [-0.39, 0.29) is 16.6 Å². The molecule has 0 saturated heterocycles. The topological polar surface area (TPSA) is 139 Å². The Labute approximate surface area is 181 Å².